The van der Waals surface area contributed by atoms with Gasteiger partial charge < -0.3 is 10.1 Å². The minimum absolute atomic E-state index is 0.0297. The van der Waals surface area contributed by atoms with Gasteiger partial charge in [0.1, 0.15) is 29.4 Å². The number of aromatic nitrogens is 1. The van der Waals surface area contributed by atoms with Crippen LogP contribution in [0.1, 0.15) is 19.5 Å². The number of pyridine rings is 1. The summed E-state index contributed by atoms with van der Waals surface area (Å²) in [5.74, 6) is -0.639. The number of rotatable bonds is 10. The predicted molar refractivity (Wildman–Crippen MR) is 143 cm³/mol. The Morgan fingerprint density at radius 1 is 1.08 bits per heavy atom. The lowest BCUT2D eigenvalue weighted by Gasteiger charge is -2.12. The van der Waals surface area contributed by atoms with Crippen LogP contribution in [0.2, 0.25) is 5.02 Å². The van der Waals surface area contributed by atoms with Crippen molar-refractivity contribution in [3.05, 3.63) is 105 Å². The van der Waals surface area contributed by atoms with Gasteiger partial charge in [0.2, 0.25) is 6.41 Å². The topological polar surface area (TPSA) is 101 Å². The minimum Gasteiger partial charge on any atom is -0.453 e. The van der Waals surface area contributed by atoms with Crippen LogP contribution < -0.4 is 15.0 Å². The van der Waals surface area contributed by atoms with Crippen molar-refractivity contribution in [2.45, 2.75) is 20.4 Å². The molecule has 0 aliphatic rings. The number of nitrogens with one attached hydrogen (secondary N) is 1. The first kappa shape index (κ1) is 29.8. The molecule has 0 fully saturated rings. The summed E-state index contributed by atoms with van der Waals surface area (Å²) in [4.78, 5) is 37.0. The number of halogens is 3. The number of anilines is 2. The molecule has 0 aliphatic carbocycles. The van der Waals surface area contributed by atoms with Crippen LogP contribution in [-0.2, 0) is 16.1 Å². The summed E-state index contributed by atoms with van der Waals surface area (Å²) in [5, 5.41) is 5.68. The van der Waals surface area contributed by atoms with Crippen molar-refractivity contribution in [2.24, 2.45) is 5.18 Å². The van der Waals surface area contributed by atoms with Gasteiger partial charge in [0.15, 0.2) is 11.6 Å². The largest absolute Gasteiger partial charge is 0.453 e. The predicted octanol–water partition coefficient (Wildman–Crippen LogP) is 6.81. The molecule has 1 amide bonds. The number of nitroso groups, excluding NO2 is 1. The first-order valence-electron chi connectivity index (χ1n) is 11.1. The molecular formula is C27H25ClF2N4O4. The monoisotopic (exact) mass is 542 g/mol. The Morgan fingerprint density at radius 3 is 2.37 bits per heavy atom. The third-order valence-corrected chi connectivity index (χ3v) is 5.51. The highest BCUT2D eigenvalue weighted by Crippen LogP contribution is 2.33. The van der Waals surface area contributed by atoms with Crippen molar-refractivity contribution in [3.8, 4) is 11.5 Å². The third-order valence-electron chi connectivity index (χ3n) is 5.10. The molecule has 1 aromatic heterocycles. The smallest absolute Gasteiger partial charge is 0.218 e. The molecule has 1 N–H and O–H groups in total. The van der Waals surface area contributed by atoms with Crippen molar-refractivity contribution in [1.82, 2.24) is 4.98 Å². The quantitative estimate of drug-likeness (QED) is 0.131. The first-order chi connectivity index (χ1) is 18.2. The molecule has 0 saturated carbocycles. The van der Waals surface area contributed by atoms with Crippen LogP contribution in [0, 0.1) is 16.5 Å². The Hall–Kier alpha value is -4.44. The van der Waals surface area contributed by atoms with Gasteiger partial charge in [-0.3, -0.25) is 19.5 Å². The van der Waals surface area contributed by atoms with E-state index in [9.17, 15) is 23.3 Å². The molecule has 0 radical (unpaired) electrons. The van der Waals surface area contributed by atoms with Gasteiger partial charge in [0, 0.05) is 43.0 Å². The number of benzene rings is 2. The van der Waals surface area contributed by atoms with E-state index in [-0.39, 0.29) is 34.6 Å². The van der Waals surface area contributed by atoms with Crippen LogP contribution in [0.4, 0.5) is 20.2 Å². The maximum Gasteiger partial charge on any atom is 0.218 e. The Morgan fingerprint density at radius 2 is 1.79 bits per heavy atom. The zero-order valence-corrected chi connectivity index (χ0v) is 21.6. The van der Waals surface area contributed by atoms with E-state index in [0.717, 1.165) is 11.9 Å². The summed E-state index contributed by atoms with van der Waals surface area (Å²) < 4.78 is 32.0. The third kappa shape index (κ3) is 8.59. The van der Waals surface area contributed by atoms with Crippen LogP contribution in [-0.4, -0.2) is 24.7 Å². The van der Waals surface area contributed by atoms with Crippen LogP contribution in [0.25, 0.3) is 0 Å². The Bertz CT molecular complexity index is 1330. The van der Waals surface area contributed by atoms with Crippen LogP contribution in [0.3, 0.4) is 0 Å². The molecule has 0 bridgehead atoms. The number of aldehydes is 1. The molecule has 0 spiro atoms. The van der Waals surface area contributed by atoms with Crippen LogP contribution in [0.15, 0.2) is 83.3 Å². The number of hydrogen-bond acceptors (Lipinski definition) is 7. The molecule has 0 saturated heterocycles. The molecule has 11 heteroatoms. The van der Waals surface area contributed by atoms with Crippen molar-refractivity contribution < 1.29 is 23.1 Å². The van der Waals surface area contributed by atoms with Crippen molar-refractivity contribution in [2.75, 3.05) is 17.3 Å². The Labute approximate surface area is 223 Å². The van der Waals surface area contributed by atoms with Crippen molar-refractivity contribution in [3.63, 3.8) is 0 Å². The van der Waals surface area contributed by atoms with E-state index in [4.69, 9.17) is 16.3 Å². The van der Waals surface area contributed by atoms with Gasteiger partial charge in [-0.1, -0.05) is 16.8 Å². The van der Waals surface area contributed by atoms with Gasteiger partial charge >= 0.3 is 0 Å². The fourth-order valence-electron chi connectivity index (χ4n) is 2.79. The number of ether oxygens (including phenoxy) is 1. The Balaban J connectivity index is 0.000000269. The number of hydrogen-bond donors (Lipinski definition) is 1. The molecule has 0 aliphatic heterocycles. The number of carbonyl (C=O) groups is 2. The second-order valence-corrected chi connectivity index (χ2v) is 8.02. The number of amides is 1. The Kier molecular flexibility index (Phi) is 11.7. The molecule has 1 heterocycles. The number of carbonyl (C=O) groups excluding carboxylic acids is 2. The van der Waals surface area contributed by atoms with Crippen molar-refractivity contribution >= 4 is 35.7 Å². The lowest BCUT2D eigenvalue weighted by atomic mass is 10.2. The van der Waals surface area contributed by atoms with E-state index < -0.39 is 5.82 Å². The van der Waals surface area contributed by atoms with Gasteiger partial charge in [0.25, 0.3) is 0 Å². The molecule has 3 rings (SSSR count). The van der Waals surface area contributed by atoms with E-state index >= 15 is 0 Å². The fourth-order valence-corrected chi connectivity index (χ4v) is 3.00. The number of nitrogens with zero attached hydrogens (tertiary/aromatic N) is 3. The summed E-state index contributed by atoms with van der Waals surface area (Å²) in [7, 11) is 1.69. The first-order valence-corrected chi connectivity index (χ1v) is 11.5. The van der Waals surface area contributed by atoms with Gasteiger partial charge in [0.05, 0.1) is 5.69 Å². The van der Waals surface area contributed by atoms with E-state index in [2.05, 4.69) is 15.5 Å². The average Bonchev–Trinajstić information content (AvgIpc) is 2.93. The molecule has 8 nitrogen and oxygen atoms in total. The summed E-state index contributed by atoms with van der Waals surface area (Å²) in [6.07, 6.45) is 5.97. The highest BCUT2D eigenvalue weighted by atomic mass is 35.5. The van der Waals surface area contributed by atoms with E-state index in [1.807, 2.05) is 0 Å². The fraction of sp³-hybridized carbons (Fsp3) is 0.148. The van der Waals surface area contributed by atoms with Crippen LogP contribution in [0.5, 0.6) is 11.5 Å². The maximum atomic E-state index is 13.8. The molecule has 3 aromatic rings. The normalized spacial score (nSPS) is 11.1. The lowest BCUT2D eigenvalue weighted by Crippen LogP contribution is -2.12. The summed E-state index contributed by atoms with van der Waals surface area (Å²) in [6.45, 7) is 3.29. The van der Waals surface area contributed by atoms with E-state index in [0.29, 0.717) is 23.4 Å². The van der Waals surface area contributed by atoms with E-state index in [1.165, 1.54) is 59.8 Å². The van der Waals surface area contributed by atoms with Gasteiger partial charge in [-0.05, 0) is 67.5 Å². The average molecular weight is 543 g/mol. The van der Waals surface area contributed by atoms with Gasteiger partial charge in [-0.25, -0.2) is 8.78 Å². The van der Waals surface area contributed by atoms with E-state index in [1.54, 1.807) is 33.0 Å². The SMILES string of the molecule is C/C(C=O)=C(C)\C=C/N(C=O)c1ccc(F)cc1.CNc1ccc(Oc2ccnc(CN=O)c2Cl)c(F)c1. The van der Waals surface area contributed by atoms with Gasteiger partial charge in [-0.2, -0.15) is 4.91 Å². The zero-order chi connectivity index (χ0) is 28.1. The highest BCUT2D eigenvalue weighted by molar-refractivity contribution is 6.32. The molecule has 0 atom stereocenters. The second kappa shape index (κ2) is 15.0. The maximum absolute atomic E-state index is 13.8. The van der Waals surface area contributed by atoms with Crippen LogP contribution >= 0.6 is 11.6 Å². The van der Waals surface area contributed by atoms with Crippen molar-refractivity contribution in [1.29, 1.82) is 0 Å². The number of allylic oxidation sites excluding steroid dienone is 3. The summed E-state index contributed by atoms with van der Waals surface area (Å²) in [6, 6.07) is 11.5. The van der Waals surface area contributed by atoms with Gasteiger partial charge in [-0.15, -0.1) is 0 Å². The standard InChI is InChI=1S/C14H14FNO2.C13H11ClFN3O2/c1-11(12(2)9-17)7-8-16(10-18)14-5-3-13(15)4-6-14;1-16-8-2-3-11(9(15)6-8)20-12-4-5-17-10(7-18-19)13(12)14/h3-10H,1-2H3;2-6,16H,7H2,1H3/b8-7-,12-11+;. The second-order valence-electron chi connectivity index (χ2n) is 7.64. The lowest BCUT2D eigenvalue weighted by molar-refractivity contribution is -0.107. The molecular weight excluding hydrogens is 518 g/mol. The molecule has 198 valence electrons. The zero-order valence-electron chi connectivity index (χ0n) is 20.8. The molecule has 38 heavy (non-hydrogen) atoms. The molecule has 0 unspecified atom stereocenters. The summed E-state index contributed by atoms with van der Waals surface area (Å²) >= 11 is 6.03. The highest BCUT2D eigenvalue weighted by Gasteiger charge is 2.12. The summed E-state index contributed by atoms with van der Waals surface area (Å²) in [5.41, 5.74) is 2.82. The minimum atomic E-state index is -0.528. The molecule has 2 aromatic carbocycles.